The van der Waals surface area contributed by atoms with Crippen LogP contribution in [0.1, 0.15) is 30.0 Å². The largest absolute Gasteiger partial charge is 0.354 e. The summed E-state index contributed by atoms with van der Waals surface area (Å²) in [4.78, 5) is 29.0. The van der Waals surface area contributed by atoms with Crippen LogP contribution in [0.3, 0.4) is 0 Å². The molecular formula is C29H33BrClN3O4S. The molecule has 0 aliphatic rings. The second-order valence-corrected chi connectivity index (χ2v) is 12.6. The van der Waals surface area contributed by atoms with Gasteiger partial charge in [-0.3, -0.25) is 13.9 Å². The molecule has 0 radical (unpaired) electrons. The summed E-state index contributed by atoms with van der Waals surface area (Å²) in [5.41, 5.74) is 2.66. The Hall–Kier alpha value is -2.88. The van der Waals surface area contributed by atoms with Crippen molar-refractivity contribution in [2.45, 2.75) is 39.3 Å². The molecular weight excluding hydrogens is 602 g/mol. The lowest BCUT2D eigenvalue weighted by molar-refractivity contribution is -0.140. The van der Waals surface area contributed by atoms with E-state index in [0.717, 1.165) is 32.6 Å². The minimum Gasteiger partial charge on any atom is -0.354 e. The molecule has 39 heavy (non-hydrogen) atoms. The van der Waals surface area contributed by atoms with Crippen molar-refractivity contribution in [1.82, 2.24) is 10.2 Å². The average molecular weight is 635 g/mol. The second-order valence-electron chi connectivity index (χ2n) is 9.35. The van der Waals surface area contributed by atoms with E-state index in [1.165, 1.54) is 4.90 Å². The van der Waals surface area contributed by atoms with E-state index in [-0.39, 0.29) is 18.9 Å². The molecule has 0 saturated carbocycles. The maximum absolute atomic E-state index is 14.0. The third-order valence-electron chi connectivity index (χ3n) is 6.19. The number of sulfonamides is 1. The zero-order chi connectivity index (χ0) is 28.6. The Morgan fingerprint density at radius 1 is 1.00 bits per heavy atom. The fourth-order valence-electron chi connectivity index (χ4n) is 4.20. The van der Waals surface area contributed by atoms with Crippen LogP contribution in [0.25, 0.3) is 0 Å². The van der Waals surface area contributed by atoms with Crippen LogP contribution in [0.5, 0.6) is 0 Å². The molecule has 3 aromatic carbocycles. The van der Waals surface area contributed by atoms with Gasteiger partial charge in [-0.15, -0.1) is 0 Å². The number of nitrogens with zero attached hydrogens (tertiary/aromatic N) is 2. The van der Waals surface area contributed by atoms with Crippen LogP contribution < -0.4 is 9.62 Å². The third kappa shape index (κ3) is 8.81. The van der Waals surface area contributed by atoms with Crippen LogP contribution in [-0.4, -0.2) is 50.5 Å². The summed E-state index contributed by atoms with van der Waals surface area (Å²) in [7, 11) is -3.84. The first-order chi connectivity index (χ1) is 18.5. The van der Waals surface area contributed by atoms with E-state index in [1.54, 1.807) is 25.1 Å². The van der Waals surface area contributed by atoms with Gasteiger partial charge in [0.05, 0.1) is 11.9 Å². The van der Waals surface area contributed by atoms with Gasteiger partial charge in [0.25, 0.3) is 0 Å². The number of rotatable bonds is 12. The predicted molar refractivity (Wildman–Crippen MR) is 160 cm³/mol. The highest BCUT2D eigenvalue weighted by Crippen LogP contribution is 2.26. The number of carbonyl (C=O) groups is 2. The van der Waals surface area contributed by atoms with Crippen molar-refractivity contribution in [3.63, 3.8) is 0 Å². The number of halogens is 2. The van der Waals surface area contributed by atoms with Crippen LogP contribution in [0.15, 0.2) is 77.3 Å². The van der Waals surface area contributed by atoms with Gasteiger partial charge in [0, 0.05) is 29.0 Å². The monoisotopic (exact) mass is 633 g/mol. The van der Waals surface area contributed by atoms with Gasteiger partial charge in [0.1, 0.15) is 12.6 Å². The summed E-state index contributed by atoms with van der Waals surface area (Å²) in [5.74, 6) is -0.787. The molecule has 1 unspecified atom stereocenters. The molecule has 0 heterocycles. The Labute approximate surface area is 244 Å². The van der Waals surface area contributed by atoms with E-state index in [0.29, 0.717) is 22.8 Å². The lowest BCUT2D eigenvalue weighted by Crippen LogP contribution is -2.53. The molecule has 0 saturated heterocycles. The van der Waals surface area contributed by atoms with Gasteiger partial charge >= 0.3 is 0 Å². The zero-order valence-corrected chi connectivity index (χ0v) is 25.4. The number of anilines is 1. The molecule has 0 fully saturated rings. The van der Waals surface area contributed by atoms with Crippen molar-refractivity contribution >= 4 is 55.1 Å². The zero-order valence-electron chi connectivity index (χ0n) is 22.2. The number of aryl methyl sites for hydroxylation is 1. The number of carbonyl (C=O) groups excluding carboxylic acids is 2. The van der Waals surface area contributed by atoms with E-state index in [1.807, 2.05) is 61.5 Å². The average Bonchev–Trinajstić information content (AvgIpc) is 2.89. The number of nitrogens with one attached hydrogen (secondary N) is 1. The van der Waals surface area contributed by atoms with Crippen molar-refractivity contribution in [3.8, 4) is 0 Å². The van der Waals surface area contributed by atoms with E-state index < -0.39 is 28.5 Å². The molecule has 2 amide bonds. The Kier molecular flexibility index (Phi) is 11.0. The van der Waals surface area contributed by atoms with Crippen LogP contribution in [0, 0.1) is 6.92 Å². The first-order valence-electron chi connectivity index (χ1n) is 12.6. The summed E-state index contributed by atoms with van der Waals surface area (Å²) in [6.07, 6.45) is 2.07. The summed E-state index contributed by atoms with van der Waals surface area (Å²) in [6.45, 7) is 3.81. The molecule has 0 aliphatic heterocycles. The number of hydrogen-bond donors (Lipinski definition) is 1. The molecule has 3 rings (SSSR count). The summed E-state index contributed by atoms with van der Waals surface area (Å²) < 4.78 is 27.7. The van der Waals surface area contributed by atoms with Crippen molar-refractivity contribution in [2.24, 2.45) is 0 Å². The van der Waals surface area contributed by atoms with Crippen molar-refractivity contribution in [3.05, 3.63) is 99.0 Å². The Morgan fingerprint density at radius 2 is 1.67 bits per heavy atom. The summed E-state index contributed by atoms with van der Waals surface area (Å²) >= 11 is 9.53. The summed E-state index contributed by atoms with van der Waals surface area (Å²) in [6, 6.07) is 20.9. The third-order valence-corrected chi connectivity index (χ3v) is 8.08. The lowest BCUT2D eigenvalue weighted by Gasteiger charge is -2.33. The molecule has 10 heteroatoms. The van der Waals surface area contributed by atoms with Crippen LogP contribution in [-0.2, 0) is 32.6 Å². The predicted octanol–water partition coefficient (Wildman–Crippen LogP) is 5.34. The lowest BCUT2D eigenvalue weighted by atomic mass is 10.0. The summed E-state index contributed by atoms with van der Waals surface area (Å²) in [5, 5.41) is 3.39. The van der Waals surface area contributed by atoms with Crippen LogP contribution >= 0.6 is 27.5 Å². The Morgan fingerprint density at radius 3 is 2.26 bits per heavy atom. The topological polar surface area (TPSA) is 86.8 Å². The maximum atomic E-state index is 14.0. The quantitative estimate of drug-likeness (QED) is 0.291. The molecule has 1 N–H and O–H groups in total. The SMILES string of the molecule is CCCNC(=O)C(Cc1ccccc1)N(Cc1ccc(Br)cc1)C(=O)CN(c1ccc(Cl)cc1C)S(C)(=O)=O. The first kappa shape index (κ1) is 30.7. The van der Waals surface area contributed by atoms with Gasteiger partial charge in [0.15, 0.2) is 0 Å². The molecule has 0 aliphatic carbocycles. The van der Waals surface area contributed by atoms with Crippen molar-refractivity contribution in [1.29, 1.82) is 0 Å². The fourth-order valence-corrected chi connectivity index (χ4v) is 5.60. The van der Waals surface area contributed by atoms with E-state index in [9.17, 15) is 18.0 Å². The molecule has 0 aromatic heterocycles. The number of benzene rings is 3. The number of amides is 2. The van der Waals surface area contributed by atoms with Gasteiger partial charge in [-0.1, -0.05) is 76.9 Å². The first-order valence-corrected chi connectivity index (χ1v) is 15.6. The van der Waals surface area contributed by atoms with Crippen LogP contribution in [0.4, 0.5) is 5.69 Å². The van der Waals surface area contributed by atoms with Gasteiger partial charge in [-0.25, -0.2) is 8.42 Å². The highest BCUT2D eigenvalue weighted by molar-refractivity contribution is 9.10. The molecule has 208 valence electrons. The molecule has 1 atom stereocenters. The van der Waals surface area contributed by atoms with Gasteiger partial charge in [-0.05, 0) is 60.4 Å². The Balaban J connectivity index is 2.05. The van der Waals surface area contributed by atoms with Crippen molar-refractivity contribution in [2.75, 3.05) is 23.7 Å². The van der Waals surface area contributed by atoms with Crippen LogP contribution in [0.2, 0.25) is 5.02 Å². The van der Waals surface area contributed by atoms with Gasteiger partial charge < -0.3 is 10.2 Å². The molecule has 3 aromatic rings. The van der Waals surface area contributed by atoms with Gasteiger partial charge in [0.2, 0.25) is 21.8 Å². The van der Waals surface area contributed by atoms with Gasteiger partial charge in [-0.2, -0.15) is 0 Å². The van der Waals surface area contributed by atoms with E-state index in [2.05, 4.69) is 21.2 Å². The molecule has 7 nitrogen and oxygen atoms in total. The van der Waals surface area contributed by atoms with E-state index in [4.69, 9.17) is 11.6 Å². The fraction of sp³-hybridized carbons (Fsp3) is 0.310. The molecule has 0 bridgehead atoms. The minimum absolute atomic E-state index is 0.125. The van der Waals surface area contributed by atoms with E-state index >= 15 is 0 Å². The maximum Gasteiger partial charge on any atom is 0.244 e. The smallest absolute Gasteiger partial charge is 0.244 e. The highest BCUT2D eigenvalue weighted by atomic mass is 79.9. The standard InChI is InChI=1S/C29H33BrClN3O4S/c1-4-16-32-29(36)27(18-22-8-6-5-7-9-22)33(19-23-10-12-24(30)13-11-23)28(35)20-34(39(3,37)38)26-15-14-25(31)17-21(26)2/h5-15,17,27H,4,16,18-20H2,1-3H3,(H,32,36). The highest BCUT2D eigenvalue weighted by Gasteiger charge is 2.33. The second kappa shape index (κ2) is 14.0. The molecule has 0 spiro atoms. The normalized spacial score (nSPS) is 12.0. The Bertz CT molecular complexity index is 1390. The van der Waals surface area contributed by atoms with Crippen molar-refractivity contribution < 1.29 is 18.0 Å². The number of hydrogen-bond acceptors (Lipinski definition) is 4. The minimum atomic E-state index is -3.84.